The zero-order chi connectivity index (χ0) is 27.4. The van der Waals surface area contributed by atoms with Crippen molar-refractivity contribution in [1.82, 2.24) is 4.90 Å². The third-order valence-corrected chi connectivity index (χ3v) is 6.32. The molecule has 0 saturated carbocycles. The summed E-state index contributed by atoms with van der Waals surface area (Å²) in [6.45, 7) is 5.65. The number of benzene rings is 2. The Bertz CT molecular complexity index is 1150. The van der Waals surface area contributed by atoms with Gasteiger partial charge in [-0.1, -0.05) is 42.5 Å². The standard InChI is InChI=1S/C28H33NO8/c1-26(2,3)37-18-28(25(33)35-6)22(30)27(4,24(32)36-17-20-10-8-7-9-11-20)23(31)29(28)16-19-12-14-21(34-5)15-13-19/h7-15H,16-18H2,1-6H3/t27-,28+/m1/s1. The first-order valence-corrected chi connectivity index (χ1v) is 11.8. The second kappa shape index (κ2) is 10.7. The number of ether oxygens (including phenoxy) is 4. The molecular weight excluding hydrogens is 478 g/mol. The van der Waals surface area contributed by atoms with E-state index >= 15 is 0 Å². The van der Waals surface area contributed by atoms with E-state index in [4.69, 9.17) is 18.9 Å². The zero-order valence-electron chi connectivity index (χ0n) is 22.0. The summed E-state index contributed by atoms with van der Waals surface area (Å²) < 4.78 is 21.5. The van der Waals surface area contributed by atoms with Crippen LogP contribution in [0.5, 0.6) is 5.75 Å². The van der Waals surface area contributed by atoms with Crippen LogP contribution in [0, 0.1) is 5.41 Å². The van der Waals surface area contributed by atoms with Gasteiger partial charge in [0, 0.05) is 6.54 Å². The number of carbonyl (C=O) groups excluding carboxylic acids is 4. The number of ketones is 1. The summed E-state index contributed by atoms with van der Waals surface area (Å²) in [5.41, 5.74) is -3.95. The van der Waals surface area contributed by atoms with Gasteiger partial charge in [0.1, 0.15) is 12.4 Å². The first-order chi connectivity index (χ1) is 17.4. The van der Waals surface area contributed by atoms with Crippen molar-refractivity contribution >= 4 is 23.6 Å². The Morgan fingerprint density at radius 2 is 1.51 bits per heavy atom. The number of hydrogen-bond donors (Lipinski definition) is 0. The summed E-state index contributed by atoms with van der Waals surface area (Å²) in [6.07, 6.45) is 0. The Balaban J connectivity index is 2.06. The van der Waals surface area contributed by atoms with Gasteiger partial charge in [-0.25, -0.2) is 4.79 Å². The van der Waals surface area contributed by atoms with Crippen LogP contribution >= 0.6 is 0 Å². The van der Waals surface area contributed by atoms with Gasteiger partial charge in [-0.05, 0) is 51.0 Å². The van der Waals surface area contributed by atoms with Gasteiger partial charge in [0.2, 0.25) is 16.9 Å². The number of esters is 2. The summed E-state index contributed by atoms with van der Waals surface area (Å²) >= 11 is 0. The van der Waals surface area contributed by atoms with E-state index in [1.165, 1.54) is 14.0 Å². The molecule has 1 saturated heterocycles. The fourth-order valence-corrected chi connectivity index (χ4v) is 4.14. The molecule has 0 N–H and O–H groups in total. The maximum atomic E-state index is 14.1. The molecular formula is C28H33NO8. The van der Waals surface area contributed by atoms with Gasteiger partial charge in [0.05, 0.1) is 26.4 Å². The van der Waals surface area contributed by atoms with Crippen LogP contribution < -0.4 is 4.74 Å². The van der Waals surface area contributed by atoms with Crippen molar-refractivity contribution in [3.05, 3.63) is 65.7 Å². The molecule has 0 radical (unpaired) electrons. The van der Waals surface area contributed by atoms with Crippen LogP contribution in [0.25, 0.3) is 0 Å². The molecule has 37 heavy (non-hydrogen) atoms. The quantitative estimate of drug-likeness (QED) is 0.373. The van der Waals surface area contributed by atoms with Crippen LogP contribution in [0.4, 0.5) is 0 Å². The third-order valence-electron chi connectivity index (χ3n) is 6.32. The van der Waals surface area contributed by atoms with Gasteiger partial charge in [0.25, 0.3) is 0 Å². The second-order valence-electron chi connectivity index (χ2n) is 10.0. The van der Waals surface area contributed by atoms with Gasteiger partial charge in [0.15, 0.2) is 5.78 Å². The Morgan fingerprint density at radius 3 is 2.05 bits per heavy atom. The summed E-state index contributed by atoms with van der Waals surface area (Å²) in [5, 5.41) is 0. The first kappa shape index (κ1) is 27.9. The summed E-state index contributed by atoms with van der Waals surface area (Å²) in [4.78, 5) is 55.7. The van der Waals surface area contributed by atoms with Gasteiger partial charge in [-0.2, -0.15) is 0 Å². The predicted molar refractivity (Wildman–Crippen MR) is 133 cm³/mol. The smallest absolute Gasteiger partial charge is 0.342 e. The molecule has 0 unspecified atom stereocenters. The number of hydrogen-bond acceptors (Lipinski definition) is 8. The van der Waals surface area contributed by atoms with E-state index in [9.17, 15) is 19.2 Å². The van der Waals surface area contributed by atoms with Gasteiger partial charge in [-0.3, -0.25) is 14.4 Å². The van der Waals surface area contributed by atoms with Crippen LogP contribution in [0.3, 0.4) is 0 Å². The Morgan fingerprint density at radius 1 is 0.892 bits per heavy atom. The monoisotopic (exact) mass is 511 g/mol. The van der Waals surface area contributed by atoms with Crippen LogP contribution in [0.2, 0.25) is 0 Å². The van der Waals surface area contributed by atoms with Gasteiger partial charge < -0.3 is 23.8 Å². The molecule has 2 aromatic rings. The molecule has 0 bridgehead atoms. The molecule has 198 valence electrons. The van der Waals surface area contributed by atoms with Crippen molar-refractivity contribution in [2.45, 2.75) is 52.0 Å². The van der Waals surface area contributed by atoms with Crippen LogP contribution in [0.1, 0.15) is 38.8 Å². The van der Waals surface area contributed by atoms with Crippen LogP contribution in [-0.4, -0.2) is 60.5 Å². The van der Waals surface area contributed by atoms with Crippen molar-refractivity contribution in [3.8, 4) is 5.75 Å². The second-order valence-corrected chi connectivity index (χ2v) is 10.0. The lowest BCUT2D eigenvalue weighted by molar-refractivity contribution is -0.169. The van der Waals surface area contributed by atoms with E-state index in [2.05, 4.69) is 0 Å². The van der Waals surface area contributed by atoms with Gasteiger partial charge in [-0.15, -0.1) is 0 Å². The molecule has 0 aliphatic carbocycles. The highest BCUT2D eigenvalue weighted by atomic mass is 16.5. The lowest BCUT2D eigenvalue weighted by atomic mass is 9.80. The fourth-order valence-electron chi connectivity index (χ4n) is 4.14. The highest BCUT2D eigenvalue weighted by Gasteiger charge is 2.73. The molecule has 1 aliphatic heterocycles. The van der Waals surface area contributed by atoms with E-state index in [0.29, 0.717) is 16.9 Å². The van der Waals surface area contributed by atoms with E-state index in [1.54, 1.807) is 69.3 Å². The lowest BCUT2D eigenvalue weighted by Crippen LogP contribution is -2.60. The molecule has 1 fully saturated rings. The number of Topliss-reactive ketones (excluding diaryl/α,β-unsaturated/α-hetero) is 1. The zero-order valence-corrected chi connectivity index (χ0v) is 22.0. The van der Waals surface area contributed by atoms with E-state index in [-0.39, 0.29) is 13.2 Å². The number of amides is 1. The van der Waals surface area contributed by atoms with Crippen molar-refractivity contribution in [2.24, 2.45) is 5.41 Å². The number of likely N-dealkylation sites (tertiary alicyclic amines) is 1. The number of nitrogens with zero attached hydrogens (tertiary/aromatic N) is 1. The molecule has 0 aromatic heterocycles. The molecule has 9 heteroatoms. The molecule has 3 rings (SSSR count). The maximum absolute atomic E-state index is 14.1. The normalized spacial score (nSPS) is 21.6. The van der Waals surface area contributed by atoms with Crippen molar-refractivity contribution < 1.29 is 38.1 Å². The lowest BCUT2D eigenvalue weighted by Gasteiger charge is -2.36. The minimum absolute atomic E-state index is 0.141. The van der Waals surface area contributed by atoms with Gasteiger partial charge >= 0.3 is 11.9 Å². The van der Waals surface area contributed by atoms with E-state index in [0.717, 1.165) is 12.0 Å². The third kappa shape index (κ3) is 5.36. The maximum Gasteiger partial charge on any atom is 0.342 e. The number of rotatable bonds is 9. The highest BCUT2D eigenvalue weighted by molar-refractivity contribution is 6.34. The minimum Gasteiger partial charge on any atom is -0.497 e. The average Bonchev–Trinajstić information content (AvgIpc) is 3.05. The SMILES string of the molecule is COC(=O)[C@]1(COC(C)(C)C)C(=O)[C@@](C)(C(=O)OCc2ccccc2)C(=O)N1Cc1ccc(OC)cc1. The minimum atomic E-state index is -2.28. The van der Waals surface area contributed by atoms with Crippen molar-refractivity contribution in [3.63, 3.8) is 0 Å². The van der Waals surface area contributed by atoms with Crippen molar-refractivity contribution in [1.29, 1.82) is 0 Å². The molecule has 2 aromatic carbocycles. The fraction of sp³-hybridized carbons (Fsp3) is 0.429. The summed E-state index contributed by atoms with van der Waals surface area (Å²) in [7, 11) is 2.64. The van der Waals surface area contributed by atoms with Crippen LogP contribution in [-0.2, 0) is 46.5 Å². The molecule has 1 heterocycles. The predicted octanol–water partition coefficient (Wildman–Crippen LogP) is 3.08. The Kier molecular flexibility index (Phi) is 8.07. The average molecular weight is 512 g/mol. The molecule has 1 aliphatic rings. The molecule has 0 spiro atoms. The molecule has 2 atom stereocenters. The Labute approximate surface area is 216 Å². The van der Waals surface area contributed by atoms with Crippen molar-refractivity contribution in [2.75, 3.05) is 20.8 Å². The number of methoxy groups -OCH3 is 2. The molecule has 9 nitrogen and oxygen atoms in total. The topological polar surface area (TPSA) is 108 Å². The first-order valence-electron chi connectivity index (χ1n) is 11.8. The van der Waals surface area contributed by atoms with E-state index < -0.39 is 46.8 Å². The largest absolute Gasteiger partial charge is 0.497 e. The molecule has 1 amide bonds. The Hall–Kier alpha value is -3.72. The summed E-state index contributed by atoms with van der Waals surface area (Å²) in [6, 6.07) is 15.7. The number of carbonyl (C=O) groups is 4. The highest BCUT2D eigenvalue weighted by Crippen LogP contribution is 2.43. The van der Waals surface area contributed by atoms with Crippen LogP contribution in [0.15, 0.2) is 54.6 Å². The van der Waals surface area contributed by atoms with E-state index in [1.807, 2.05) is 6.07 Å². The summed E-state index contributed by atoms with van der Waals surface area (Å²) in [5.74, 6) is -3.27.